The van der Waals surface area contributed by atoms with E-state index >= 15 is 0 Å². The van der Waals surface area contributed by atoms with Crippen LogP contribution in [0.15, 0.2) is 48.5 Å². The highest BCUT2D eigenvalue weighted by molar-refractivity contribution is 5.55. The number of nitrogen functional groups attached to an aromatic ring is 1. The molecule has 0 fully saturated rings. The molecule has 0 unspecified atom stereocenters. The van der Waals surface area contributed by atoms with Crippen molar-refractivity contribution in [2.24, 2.45) is 0 Å². The molecule has 2 N–H and O–H groups in total. The van der Waals surface area contributed by atoms with E-state index in [2.05, 4.69) is 15.5 Å². The SMILES string of the molecule is Cc1ccc(Oc2nnnn2-c2ccccc2)c(N)c1. The molecule has 0 saturated heterocycles. The molecule has 0 aliphatic carbocycles. The van der Waals surface area contributed by atoms with Crippen LogP contribution in [0.4, 0.5) is 5.69 Å². The van der Waals surface area contributed by atoms with Gasteiger partial charge in [0, 0.05) is 0 Å². The van der Waals surface area contributed by atoms with Gasteiger partial charge in [0.2, 0.25) is 0 Å². The fourth-order valence-electron chi connectivity index (χ4n) is 1.83. The average molecular weight is 267 g/mol. The highest BCUT2D eigenvalue weighted by atomic mass is 16.5. The molecule has 0 amide bonds. The molecular weight excluding hydrogens is 254 g/mol. The van der Waals surface area contributed by atoms with E-state index in [-0.39, 0.29) is 6.01 Å². The van der Waals surface area contributed by atoms with Crippen LogP contribution >= 0.6 is 0 Å². The van der Waals surface area contributed by atoms with E-state index in [4.69, 9.17) is 10.5 Å². The largest absolute Gasteiger partial charge is 0.421 e. The van der Waals surface area contributed by atoms with Crippen molar-refractivity contribution in [1.29, 1.82) is 0 Å². The second-order valence-electron chi connectivity index (χ2n) is 4.35. The lowest BCUT2D eigenvalue weighted by molar-refractivity contribution is 0.429. The minimum absolute atomic E-state index is 0.270. The number of tetrazole rings is 1. The summed E-state index contributed by atoms with van der Waals surface area (Å²) in [6.45, 7) is 1.97. The van der Waals surface area contributed by atoms with Crippen LogP contribution in [0.5, 0.6) is 11.8 Å². The first-order valence-corrected chi connectivity index (χ1v) is 6.12. The van der Waals surface area contributed by atoms with Crippen molar-refractivity contribution < 1.29 is 4.74 Å². The second-order valence-corrected chi connectivity index (χ2v) is 4.35. The van der Waals surface area contributed by atoms with Crippen LogP contribution in [0.2, 0.25) is 0 Å². The third-order valence-corrected chi connectivity index (χ3v) is 2.81. The van der Waals surface area contributed by atoms with E-state index in [1.807, 2.05) is 49.4 Å². The van der Waals surface area contributed by atoms with Crippen LogP contribution in [0, 0.1) is 6.92 Å². The number of nitrogens with zero attached hydrogens (tertiary/aromatic N) is 4. The van der Waals surface area contributed by atoms with Crippen molar-refractivity contribution >= 4 is 5.69 Å². The normalized spacial score (nSPS) is 10.4. The van der Waals surface area contributed by atoms with Crippen molar-refractivity contribution in [1.82, 2.24) is 20.2 Å². The molecule has 1 heterocycles. The summed E-state index contributed by atoms with van der Waals surface area (Å²) in [5, 5.41) is 11.4. The third kappa shape index (κ3) is 2.31. The lowest BCUT2D eigenvalue weighted by Gasteiger charge is -2.08. The molecule has 0 saturated carbocycles. The molecular formula is C14H13N5O. The molecule has 20 heavy (non-hydrogen) atoms. The maximum atomic E-state index is 5.92. The van der Waals surface area contributed by atoms with Gasteiger partial charge in [-0.25, -0.2) is 0 Å². The third-order valence-electron chi connectivity index (χ3n) is 2.81. The molecule has 0 radical (unpaired) electrons. The number of aromatic nitrogens is 4. The summed E-state index contributed by atoms with van der Waals surface area (Å²) in [6.07, 6.45) is 0. The van der Waals surface area contributed by atoms with Gasteiger partial charge in [-0.1, -0.05) is 29.4 Å². The lowest BCUT2D eigenvalue weighted by Crippen LogP contribution is -2.01. The Kier molecular flexibility index (Phi) is 3.04. The zero-order valence-corrected chi connectivity index (χ0v) is 10.9. The molecule has 0 atom stereocenters. The van der Waals surface area contributed by atoms with Crippen LogP contribution in [0.25, 0.3) is 5.69 Å². The predicted octanol–water partition coefficient (Wildman–Crippen LogP) is 2.35. The molecule has 0 bridgehead atoms. The Labute approximate surface area is 115 Å². The first-order valence-electron chi connectivity index (χ1n) is 6.12. The molecule has 2 aromatic carbocycles. The van der Waals surface area contributed by atoms with Crippen LogP contribution in [-0.2, 0) is 0 Å². The van der Waals surface area contributed by atoms with Gasteiger partial charge in [-0.3, -0.25) is 0 Å². The predicted molar refractivity (Wildman–Crippen MR) is 74.8 cm³/mol. The monoisotopic (exact) mass is 267 g/mol. The minimum atomic E-state index is 0.270. The van der Waals surface area contributed by atoms with Gasteiger partial charge in [-0.05, 0) is 47.2 Å². The van der Waals surface area contributed by atoms with Gasteiger partial charge in [0.15, 0.2) is 5.75 Å². The molecule has 0 spiro atoms. The highest BCUT2D eigenvalue weighted by Gasteiger charge is 2.11. The Balaban J connectivity index is 1.95. The first kappa shape index (κ1) is 12.2. The fraction of sp³-hybridized carbons (Fsp3) is 0.0714. The van der Waals surface area contributed by atoms with E-state index in [0.717, 1.165) is 11.3 Å². The van der Waals surface area contributed by atoms with Gasteiger partial charge >= 0.3 is 6.01 Å². The van der Waals surface area contributed by atoms with Gasteiger partial charge in [0.05, 0.1) is 11.4 Å². The van der Waals surface area contributed by atoms with Crippen molar-refractivity contribution in [2.75, 3.05) is 5.73 Å². The molecule has 0 aliphatic rings. The Hall–Kier alpha value is -2.89. The topological polar surface area (TPSA) is 78.9 Å². The van der Waals surface area contributed by atoms with Crippen molar-refractivity contribution in [3.05, 3.63) is 54.1 Å². The summed E-state index contributed by atoms with van der Waals surface area (Å²) in [5.74, 6) is 0.530. The Morgan fingerprint density at radius 3 is 2.65 bits per heavy atom. The summed E-state index contributed by atoms with van der Waals surface area (Å²) < 4.78 is 7.20. The Bertz CT molecular complexity index is 723. The van der Waals surface area contributed by atoms with Crippen LogP contribution in [-0.4, -0.2) is 20.2 Å². The number of anilines is 1. The Morgan fingerprint density at radius 2 is 1.90 bits per heavy atom. The number of rotatable bonds is 3. The van der Waals surface area contributed by atoms with Crippen molar-refractivity contribution in [3.8, 4) is 17.4 Å². The maximum absolute atomic E-state index is 5.92. The number of para-hydroxylation sites is 1. The number of hydrogen-bond acceptors (Lipinski definition) is 5. The molecule has 100 valence electrons. The maximum Gasteiger partial charge on any atom is 0.345 e. The standard InChI is InChI=1S/C14H13N5O/c1-10-7-8-13(12(15)9-10)20-14-16-17-18-19(14)11-5-3-2-4-6-11/h2-9H,15H2,1H3. The number of nitrogens with two attached hydrogens (primary N) is 1. The van der Waals surface area contributed by atoms with Crippen LogP contribution < -0.4 is 10.5 Å². The zero-order valence-electron chi connectivity index (χ0n) is 10.9. The minimum Gasteiger partial charge on any atom is -0.421 e. The Morgan fingerprint density at radius 1 is 1.10 bits per heavy atom. The highest BCUT2D eigenvalue weighted by Crippen LogP contribution is 2.27. The number of ether oxygens (including phenoxy) is 1. The van der Waals surface area contributed by atoms with Crippen molar-refractivity contribution in [2.45, 2.75) is 6.92 Å². The molecule has 1 aromatic heterocycles. The van der Waals surface area contributed by atoms with Gasteiger partial charge in [-0.15, -0.1) is 0 Å². The van der Waals surface area contributed by atoms with E-state index in [1.54, 1.807) is 6.07 Å². The second kappa shape index (κ2) is 5.00. The summed E-state index contributed by atoms with van der Waals surface area (Å²) in [6, 6.07) is 15.3. The van der Waals surface area contributed by atoms with E-state index in [1.165, 1.54) is 4.68 Å². The average Bonchev–Trinajstić information content (AvgIpc) is 2.91. The van der Waals surface area contributed by atoms with Crippen LogP contribution in [0.3, 0.4) is 0 Å². The van der Waals surface area contributed by atoms with Gasteiger partial charge in [-0.2, -0.15) is 4.68 Å². The van der Waals surface area contributed by atoms with E-state index in [9.17, 15) is 0 Å². The van der Waals surface area contributed by atoms with E-state index < -0.39 is 0 Å². The summed E-state index contributed by atoms with van der Waals surface area (Å²) in [7, 11) is 0. The molecule has 3 rings (SSSR count). The van der Waals surface area contributed by atoms with Gasteiger partial charge in [0.1, 0.15) is 0 Å². The molecule has 6 nitrogen and oxygen atoms in total. The summed E-state index contributed by atoms with van der Waals surface area (Å²) in [5.41, 5.74) is 8.36. The fourth-order valence-corrected chi connectivity index (χ4v) is 1.83. The molecule has 0 aliphatic heterocycles. The number of benzene rings is 2. The first-order chi connectivity index (χ1) is 9.74. The number of hydrogen-bond donors (Lipinski definition) is 1. The zero-order chi connectivity index (χ0) is 13.9. The lowest BCUT2D eigenvalue weighted by atomic mass is 10.2. The number of aryl methyl sites for hydroxylation is 1. The van der Waals surface area contributed by atoms with Crippen molar-refractivity contribution in [3.63, 3.8) is 0 Å². The van der Waals surface area contributed by atoms with Gasteiger partial charge in [0.25, 0.3) is 0 Å². The smallest absolute Gasteiger partial charge is 0.345 e. The molecule has 3 aromatic rings. The van der Waals surface area contributed by atoms with Gasteiger partial charge < -0.3 is 10.5 Å². The van der Waals surface area contributed by atoms with E-state index in [0.29, 0.717) is 11.4 Å². The summed E-state index contributed by atoms with van der Waals surface area (Å²) in [4.78, 5) is 0. The van der Waals surface area contributed by atoms with Crippen LogP contribution in [0.1, 0.15) is 5.56 Å². The summed E-state index contributed by atoms with van der Waals surface area (Å²) >= 11 is 0. The quantitative estimate of drug-likeness (QED) is 0.737. The molecule has 6 heteroatoms.